The molecule has 5 N–H and O–H groups in total. The Morgan fingerprint density at radius 2 is 2.10 bits per heavy atom. The van der Waals surface area contributed by atoms with Gasteiger partial charge in [0.05, 0.1) is 0 Å². The van der Waals surface area contributed by atoms with Gasteiger partial charge in [-0.1, -0.05) is 6.07 Å². The summed E-state index contributed by atoms with van der Waals surface area (Å²) in [6, 6.07) is 6.38. The maximum atomic E-state index is 12.5. The van der Waals surface area contributed by atoms with Gasteiger partial charge in [0.15, 0.2) is 0 Å². The zero-order valence-corrected chi connectivity index (χ0v) is 12.6. The van der Waals surface area contributed by atoms with Gasteiger partial charge in [0.1, 0.15) is 0 Å². The molecule has 0 aliphatic carbocycles. The van der Waals surface area contributed by atoms with Crippen LogP contribution in [-0.4, -0.2) is 36.0 Å². The Kier molecular flexibility index (Phi) is 6.30. The molecule has 6 nitrogen and oxygen atoms in total. The van der Waals surface area contributed by atoms with Gasteiger partial charge in [-0.15, -0.1) is 12.4 Å². The van der Waals surface area contributed by atoms with E-state index in [0.29, 0.717) is 24.3 Å². The lowest BCUT2D eigenvalue weighted by molar-refractivity contribution is 0.0615. The fourth-order valence-corrected chi connectivity index (χ4v) is 2.54. The van der Waals surface area contributed by atoms with Gasteiger partial charge >= 0.3 is 6.03 Å². The largest absolute Gasteiger partial charge is 0.399 e. The molecule has 0 spiro atoms. The topological polar surface area (TPSA) is 101 Å². The van der Waals surface area contributed by atoms with E-state index in [1.165, 1.54) is 0 Å². The summed E-state index contributed by atoms with van der Waals surface area (Å²) in [5.41, 5.74) is 12.0. The number of primary amides is 1. The van der Waals surface area contributed by atoms with Gasteiger partial charge in [0.2, 0.25) is 0 Å². The Morgan fingerprint density at radius 1 is 1.33 bits per heavy atom. The van der Waals surface area contributed by atoms with Gasteiger partial charge in [-0.3, -0.25) is 4.79 Å². The number of carbonyl (C=O) groups is 2. The number of hydrogen-bond donors (Lipinski definition) is 3. The summed E-state index contributed by atoms with van der Waals surface area (Å²) >= 11 is 0. The molecule has 0 saturated carbocycles. The minimum Gasteiger partial charge on any atom is -0.399 e. The maximum absolute atomic E-state index is 12.5. The molecule has 1 saturated heterocycles. The van der Waals surface area contributed by atoms with Crippen LogP contribution in [0.3, 0.4) is 0 Å². The predicted octanol–water partition coefficient (Wildman–Crippen LogP) is 1.35. The van der Waals surface area contributed by atoms with Crippen LogP contribution in [0.15, 0.2) is 24.3 Å². The number of carbonyl (C=O) groups excluding carboxylic acids is 2. The highest BCUT2D eigenvalue weighted by atomic mass is 35.5. The van der Waals surface area contributed by atoms with Crippen molar-refractivity contribution in [3.8, 4) is 0 Å². The summed E-state index contributed by atoms with van der Waals surface area (Å²) < 4.78 is 0. The average Bonchev–Trinajstić information content (AvgIpc) is 2.44. The summed E-state index contributed by atoms with van der Waals surface area (Å²) in [5.74, 6) is -0.0479. The molecule has 1 aliphatic heterocycles. The third-order valence-electron chi connectivity index (χ3n) is 3.53. The number of nitrogens with one attached hydrogen (secondary N) is 1. The molecule has 1 fully saturated rings. The van der Waals surface area contributed by atoms with Gasteiger partial charge in [-0.2, -0.15) is 0 Å². The molecule has 7 heteroatoms. The van der Waals surface area contributed by atoms with Crippen molar-refractivity contribution in [2.75, 3.05) is 18.8 Å². The van der Waals surface area contributed by atoms with Gasteiger partial charge in [0, 0.05) is 30.4 Å². The van der Waals surface area contributed by atoms with E-state index in [0.717, 1.165) is 19.3 Å². The number of piperidine rings is 1. The highest BCUT2D eigenvalue weighted by molar-refractivity contribution is 5.95. The van der Waals surface area contributed by atoms with Crippen molar-refractivity contribution in [2.45, 2.75) is 25.3 Å². The van der Waals surface area contributed by atoms with Crippen LogP contribution in [-0.2, 0) is 0 Å². The summed E-state index contributed by atoms with van der Waals surface area (Å²) in [4.78, 5) is 25.2. The lowest BCUT2D eigenvalue weighted by Crippen LogP contribution is -2.50. The van der Waals surface area contributed by atoms with Crippen molar-refractivity contribution < 1.29 is 9.59 Å². The monoisotopic (exact) mass is 312 g/mol. The first-order valence-electron chi connectivity index (χ1n) is 6.78. The number of rotatable bonds is 3. The summed E-state index contributed by atoms with van der Waals surface area (Å²) in [5, 5.41) is 2.58. The van der Waals surface area contributed by atoms with Gasteiger partial charge in [-0.25, -0.2) is 4.79 Å². The molecule has 1 aromatic rings. The maximum Gasteiger partial charge on any atom is 0.312 e. The number of urea groups is 1. The molecule has 0 radical (unpaired) electrons. The molecule has 0 bridgehead atoms. The van der Waals surface area contributed by atoms with Crippen molar-refractivity contribution >= 4 is 30.0 Å². The smallest absolute Gasteiger partial charge is 0.312 e. The van der Waals surface area contributed by atoms with E-state index < -0.39 is 6.03 Å². The third kappa shape index (κ3) is 4.53. The number of likely N-dealkylation sites (tertiary alicyclic amines) is 1. The molecular formula is C14H21ClN4O2. The van der Waals surface area contributed by atoms with E-state index in [9.17, 15) is 9.59 Å². The van der Waals surface area contributed by atoms with E-state index in [-0.39, 0.29) is 24.4 Å². The predicted molar refractivity (Wildman–Crippen MR) is 84.4 cm³/mol. The molecule has 1 atom stereocenters. The second kappa shape index (κ2) is 7.73. The van der Waals surface area contributed by atoms with Crippen LogP contribution in [0.2, 0.25) is 0 Å². The van der Waals surface area contributed by atoms with Crippen LogP contribution in [0.1, 0.15) is 29.6 Å². The number of halogens is 1. The quantitative estimate of drug-likeness (QED) is 0.734. The number of benzene rings is 1. The fraction of sp³-hybridized carbons (Fsp3) is 0.429. The number of anilines is 1. The molecule has 0 aromatic heterocycles. The Labute approximate surface area is 130 Å². The van der Waals surface area contributed by atoms with Crippen molar-refractivity contribution in [3.05, 3.63) is 29.8 Å². The van der Waals surface area contributed by atoms with Crippen molar-refractivity contribution in [1.29, 1.82) is 0 Å². The second-order valence-corrected chi connectivity index (χ2v) is 5.02. The zero-order valence-electron chi connectivity index (χ0n) is 11.7. The molecule has 3 amide bonds. The summed E-state index contributed by atoms with van der Waals surface area (Å²) in [7, 11) is 0. The highest BCUT2D eigenvalue weighted by Gasteiger charge is 2.27. The SMILES string of the molecule is Cl.NC(=O)NCC1CCCCN1C(=O)c1cccc(N)c1. The van der Waals surface area contributed by atoms with Crippen LogP contribution in [0.4, 0.5) is 10.5 Å². The minimum absolute atomic E-state index is 0. The molecule has 21 heavy (non-hydrogen) atoms. The van der Waals surface area contributed by atoms with Gasteiger partial charge in [-0.05, 0) is 37.5 Å². The molecule has 1 heterocycles. The second-order valence-electron chi connectivity index (χ2n) is 5.02. The summed E-state index contributed by atoms with van der Waals surface area (Å²) in [6.07, 6.45) is 2.89. The number of nitrogens with zero attached hydrogens (tertiary/aromatic N) is 1. The van der Waals surface area contributed by atoms with Crippen LogP contribution in [0.25, 0.3) is 0 Å². The zero-order chi connectivity index (χ0) is 14.5. The number of amides is 3. The van der Waals surface area contributed by atoms with Gasteiger partial charge < -0.3 is 21.7 Å². The normalized spacial score (nSPS) is 17.7. The first kappa shape index (κ1) is 17.1. The Balaban J connectivity index is 0.00000220. The number of hydrogen-bond acceptors (Lipinski definition) is 3. The number of nitrogen functional groups attached to an aromatic ring is 1. The Hall–Kier alpha value is -1.95. The molecule has 1 aromatic carbocycles. The van der Waals surface area contributed by atoms with E-state index in [1.807, 2.05) is 0 Å². The van der Waals surface area contributed by atoms with Crippen LogP contribution >= 0.6 is 12.4 Å². The van der Waals surface area contributed by atoms with E-state index >= 15 is 0 Å². The van der Waals surface area contributed by atoms with Crippen molar-refractivity contribution in [3.63, 3.8) is 0 Å². The van der Waals surface area contributed by atoms with Crippen LogP contribution in [0, 0.1) is 0 Å². The highest BCUT2D eigenvalue weighted by Crippen LogP contribution is 2.20. The van der Waals surface area contributed by atoms with Crippen LogP contribution in [0.5, 0.6) is 0 Å². The average molecular weight is 313 g/mol. The lowest BCUT2D eigenvalue weighted by Gasteiger charge is -2.35. The molecule has 1 unspecified atom stereocenters. The van der Waals surface area contributed by atoms with Crippen LogP contribution < -0.4 is 16.8 Å². The van der Waals surface area contributed by atoms with Crippen molar-refractivity contribution in [2.24, 2.45) is 5.73 Å². The standard InChI is InChI=1S/C14H20N4O2.ClH/c15-11-5-3-4-10(8-11)13(19)18-7-2-1-6-12(18)9-17-14(16)20;/h3-5,8,12H,1-2,6-7,9,15H2,(H3,16,17,20);1H. The Morgan fingerprint density at radius 3 is 2.76 bits per heavy atom. The Bertz CT molecular complexity index is 510. The first-order chi connectivity index (χ1) is 9.58. The molecule has 1 aliphatic rings. The van der Waals surface area contributed by atoms with Crippen molar-refractivity contribution in [1.82, 2.24) is 10.2 Å². The van der Waals surface area contributed by atoms with E-state index in [4.69, 9.17) is 11.5 Å². The molecule has 116 valence electrons. The van der Waals surface area contributed by atoms with E-state index in [2.05, 4.69) is 5.32 Å². The molecule has 2 rings (SSSR count). The van der Waals surface area contributed by atoms with Gasteiger partial charge in [0.25, 0.3) is 5.91 Å². The first-order valence-corrected chi connectivity index (χ1v) is 6.78. The lowest BCUT2D eigenvalue weighted by atomic mass is 10.0. The fourth-order valence-electron chi connectivity index (χ4n) is 2.54. The number of nitrogens with two attached hydrogens (primary N) is 2. The molecular weight excluding hydrogens is 292 g/mol. The third-order valence-corrected chi connectivity index (χ3v) is 3.53. The van der Waals surface area contributed by atoms with E-state index in [1.54, 1.807) is 29.2 Å². The summed E-state index contributed by atoms with van der Waals surface area (Å²) in [6.45, 7) is 1.09. The minimum atomic E-state index is -0.563.